The Morgan fingerprint density at radius 1 is 1.39 bits per heavy atom. The molecule has 0 bridgehead atoms. The molecule has 1 aromatic carbocycles. The zero-order valence-corrected chi connectivity index (χ0v) is 10.0. The molecule has 0 aliphatic carbocycles. The van der Waals surface area contributed by atoms with Crippen LogP contribution in [0.4, 0.5) is 8.78 Å². The monoisotopic (exact) mass is 251 g/mol. The summed E-state index contributed by atoms with van der Waals surface area (Å²) < 4.78 is 33.1. The first-order valence-corrected chi connectivity index (χ1v) is 6.30. The Morgan fingerprint density at radius 3 is 3.06 bits per heavy atom. The highest BCUT2D eigenvalue weighted by atomic mass is 19.1. The number of rotatable bonds is 2. The van der Waals surface area contributed by atoms with Gasteiger partial charge < -0.3 is 9.73 Å². The summed E-state index contributed by atoms with van der Waals surface area (Å²) in [5.41, 5.74) is 0.466. The molecule has 1 fully saturated rings. The fraction of sp³-hybridized carbons (Fsp3) is 0.429. The molecule has 0 saturated carbocycles. The molecule has 2 nitrogen and oxygen atoms in total. The average molecular weight is 251 g/mol. The third kappa shape index (κ3) is 2.01. The first-order valence-electron chi connectivity index (χ1n) is 6.30. The summed E-state index contributed by atoms with van der Waals surface area (Å²) in [7, 11) is 0. The zero-order valence-electron chi connectivity index (χ0n) is 10.0. The van der Waals surface area contributed by atoms with Gasteiger partial charge in [-0.15, -0.1) is 0 Å². The first kappa shape index (κ1) is 11.7. The fourth-order valence-corrected chi connectivity index (χ4v) is 2.66. The number of furan rings is 1. The Labute approximate surface area is 104 Å². The molecule has 1 unspecified atom stereocenters. The van der Waals surface area contributed by atoms with Crippen LogP contribution in [0.2, 0.25) is 0 Å². The SMILES string of the molecule is Fc1cc2occc2c(F)c1CC1CCCNC1. The number of nitrogens with one attached hydrogen (secondary N) is 1. The van der Waals surface area contributed by atoms with Gasteiger partial charge in [-0.25, -0.2) is 8.78 Å². The Balaban J connectivity index is 1.94. The van der Waals surface area contributed by atoms with Crippen molar-refractivity contribution in [2.24, 2.45) is 5.92 Å². The van der Waals surface area contributed by atoms with Crippen LogP contribution in [-0.2, 0) is 6.42 Å². The molecule has 2 aromatic rings. The molecule has 0 radical (unpaired) electrons. The molecule has 1 aromatic heterocycles. The maximum atomic E-state index is 14.2. The standard InChI is InChI=1S/C14H15F2NO/c15-12-7-13-10(3-5-18-13)14(16)11(12)6-9-2-1-4-17-8-9/h3,5,7,9,17H,1-2,4,6,8H2. The van der Waals surface area contributed by atoms with Gasteiger partial charge in [-0.1, -0.05) is 0 Å². The molecular weight excluding hydrogens is 236 g/mol. The molecule has 0 amide bonds. The topological polar surface area (TPSA) is 25.2 Å². The smallest absolute Gasteiger partial charge is 0.140 e. The summed E-state index contributed by atoms with van der Waals surface area (Å²) in [5.74, 6) is -0.656. The van der Waals surface area contributed by atoms with Crippen LogP contribution in [0.15, 0.2) is 22.8 Å². The summed E-state index contributed by atoms with van der Waals surface area (Å²) in [5, 5.41) is 3.63. The van der Waals surface area contributed by atoms with Crippen molar-refractivity contribution in [3.05, 3.63) is 35.6 Å². The average Bonchev–Trinajstić information content (AvgIpc) is 2.84. The Bertz CT molecular complexity index is 558. The van der Waals surface area contributed by atoms with E-state index in [9.17, 15) is 8.78 Å². The highest BCUT2D eigenvalue weighted by Crippen LogP contribution is 2.28. The van der Waals surface area contributed by atoms with Crippen molar-refractivity contribution in [3.8, 4) is 0 Å². The fourth-order valence-electron chi connectivity index (χ4n) is 2.66. The van der Waals surface area contributed by atoms with Crippen LogP contribution in [0.5, 0.6) is 0 Å². The lowest BCUT2D eigenvalue weighted by Crippen LogP contribution is -2.31. The van der Waals surface area contributed by atoms with Gasteiger partial charge in [0, 0.05) is 11.6 Å². The number of benzene rings is 1. The summed E-state index contributed by atoms with van der Waals surface area (Å²) in [6, 6.07) is 2.83. The lowest BCUT2D eigenvalue weighted by atomic mass is 9.91. The number of hydrogen-bond acceptors (Lipinski definition) is 2. The molecular formula is C14H15F2NO. The molecule has 4 heteroatoms. The minimum atomic E-state index is -0.500. The highest BCUT2D eigenvalue weighted by molar-refractivity contribution is 5.78. The van der Waals surface area contributed by atoms with Crippen molar-refractivity contribution in [1.82, 2.24) is 5.32 Å². The van der Waals surface area contributed by atoms with Gasteiger partial charge in [0.1, 0.15) is 17.2 Å². The van der Waals surface area contributed by atoms with Crippen molar-refractivity contribution in [1.29, 1.82) is 0 Å². The van der Waals surface area contributed by atoms with Crippen molar-refractivity contribution in [2.45, 2.75) is 19.3 Å². The third-order valence-electron chi connectivity index (χ3n) is 3.63. The van der Waals surface area contributed by atoms with Crippen molar-refractivity contribution < 1.29 is 13.2 Å². The second-order valence-corrected chi connectivity index (χ2v) is 4.90. The van der Waals surface area contributed by atoms with E-state index in [1.54, 1.807) is 6.07 Å². The molecule has 1 aliphatic heterocycles. The lowest BCUT2D eigenvalue weighted by Gasteiger charge is -2.23. The van der Waals surface area contributed by atoms with Gasteiger partial charge in [0.2, 0.25) is 0 Å². The molecule has 18 heavy (non-hydrogen) atoms. The summed E-state index contributed by atoms with van der Waals surface area (Å²) in [6.07, 6.45) is 3.93. The molecule has 1 N–H and O–H groups in total. The van der Waals surface area contributed by atoms with Crippen LogP contribution >= 0.6 is 0 Å². The van der Waals surface area contributed by atoms with Gasteiger partial charge in [0.15, 0.2) is 0 Å². The van der Waals surface area contributed by atoms with Gasteiger partial charge >= 0.3 is 0 Å². The molecule has 1 aliphatic rings. The van der Waals surface area contributed by atoms with Gasteiger partial charge in [-0.2, -0.15) is 0 Å². The van der Waals surface area contributed by atoms with E-state index >= 15 is 0 Å². The zero-order chi connectivity index (χ0) is 12.5. The molecule has 96 valence electrons. The minimum absolute atomic E-state index is 0.192. The Morgan fingerprint density at radius 2 is 2.28 bits per heavy atom. The molecule has 1 saturated heterocycles. The maximum Gasteiger partial charge on any atom is 0.140 e. The van der Waals surface area contributed by atoms with E-state index in [2.05, 4.69) is 5.32 Å². The van der Waals surface area contributed by atoms with E-state index in [4.69, 9.17) is 4.42 Å². The minimum Gasteiger partial charge on any atom is -0.464 e. The van der Waals surface area contributed by atoms with Crippen molar-refractivity contribution in [3.63, 3.8) is 0 Å². The number of hydrogen-bond donors (Lipinski definition) is 1. The van der Waals surface area contributed by atoms with Crippen LogP contribution in [0.25, 0.3) is 11.0 Å². The summed E-state index contributed by atoms with van der Waals surface area (Å²) >= 11 is 0. The van der Waals surface area contributed by atoms with E-state index in [0.717, 1.165) is 25.9 Å². The van der Waals surface area contributed by atoms with Gasteiger partial charge in [-0.05, 0) is 44.3 Å². The quantitative estimate of drug-likeness (QED) is 0.886. The van der Waals surface area contributed by atoms with E-state index < -0.39 is 11.6 Å². The number of piperidine rings is 1. The Hall–Kier alpha value is -1.42. The van der Waals surface area contributed by atoms with Crippen LogP contribution < -0.4 is 5.32 Å². The van der Waals surface area contributed by atoms with Crippen LogP contribution in [0.1, 0.15) is 18.4 Å². The second kappa shape index (κ2) is 4.69. The van der Waals surface area contributed by atoms with Gasteiger partial charge in [0.05, 0.1) is 11.6 Å². The predicted octanol–water partition coefficient (Wildman–Crippen LogP) is 3.25. The predicted molar refractivity (Wildman–Crippen MR) is 65.4 cm³/mol. The van der Waals surface area contributed by atoms with Crippen LogP contribution in [0, 0.1) is 17.6 Å². The Kier molecular flexibility index (Phi) is 3.04. The normalized spacial score (nSPS) is 20.4. The molecule has 1 atom stereocenters. The third-order valence-corrected chi connectivity index (χ3v) is 3.63. The molecule has 0 spiro atoms. The lowest BCUT2D eigenvalue weighted by molar-refractivity contribution is 0.367. The summed E-state index contributed by atoms with van der Waals surface area (Å²) in [6.45, 7) is 1.84. The number of fused-ring (bicyclic) bond motifs is 1. The van der Waals surface area contributed by atoms with Gasteiger partial charge in [0.25, 0.3) is 0 Å². The highest BCUT2D eigenvalue weighted by Gasteiger charge is 2.20. The van der Waals surface area contributed by atoms with E-state index in [1.165, 1.54) is 12.3 Å². The van der Waals surface area contributed by atoms with Gasteiger partial charge in [-0.3, -0.25) is 0 Å². The maximum absolute atomic E-state index is 14.2. The second-order valence-electron chi connectivity index (χ2n) is 4.90. The molecule has 2 heterocycles. The summed E-state index contributed by atoms with van der Waals surface area (Å²) in [4.78, 5) is 0. The molecule has 3 rings (SSSR count). The first-order chi connectivity index (χ1) is 8.75. The van der Waals surface area contributed by atoms with Crippen molar-refractivity contribution >= 4 is 11.0 Å². The largest absolute Gasteiger partial charge is 0.464 e. The van der Waals surface area contributed by atoms with E-state index in [0.29, 0.717) is 17.7 Å². The van der Waals surface area contributed by atoms with E-state index in [1.807, 2.05) is 0 Å². The number of halogens is 2. The van der Waals surface area contributed by atoms with Crippen LogP contribution in [-0.4, -0.2) is 13.1 Å². The van der Waals surface area contributed by atoms with Crippen LogP contribution in [0.3, 0.4) is 0 Å². The van der Waals surface area contributed by atoms with Crippen molar-refractivity contribution in [2.75, 3.05) is 13.1 Å². The van der Waals surface area contributed by atoms with E-state index in [-0.39, 0.29) is 11.1 Å².